The van der Waals surface area contributed by atoms with Crippen LogP contribution in [0.3, 0.4) is 0 Å². The van der Waals surface area contributed by atoms with E-state index in [0.29, 0.717) is 12.0 Å². The van der Waals surface area contributed by atoms with E-state index in [9.17, 15) is 0 Å². The fraction of sp³-hybridized carbons (Fsp3) is 0.538. The molecule has 1 nitrogen and oxygen atoms in total. The Hall–Kier alpha value is -0.820. The van der Waals surface area contributed by atoms with Gasteiger partial charge in [-0.1, -0.05) is 37.6 Å². The smallest absolute Gasteiger partial charge is 0.00418 e. The highest BCUT2D eigenvalue weighted by atomic mass is 14.6. The summed E-state index contributed by atoms with van der Waals surface area (Å²) in [5.74, 6) is 0.607. The molecule has 2 unspecified atom stereocenters. The molecule has 78 valence electrons. The van der Waals surface area contributed by atoms with Crippen molar-refractivity contribution in [2.24, 2.45) is 11.7 Å². The Morgan fingerprint density at radius 1 is 1.29 bits per heavy atom. The summed E-state index contributed by atoms with van der Waals surface area (Å²) in [5, 5.41) is 0. The predicted molar refractivity (Wildman–Crippen MR) is 62.3 cm³/mol. The maximum atomic E-state index is 5.95. The third-order valence-corrected chi connectivity index (χ3v) is 3.01. The van der Waals surface area contributed by atoms with E-state index in [2.05, 4.69) is 45.0 Å². The van der Waals surface area contributed by atoms with Crippen molar-refractivity contribution in [3.05, 3.63) is 35.4 Å². The van der Waals surface area contributed by atoms with Gasteiger partial charge in [0.25, 0.3) is 0 Å². The van der Waals surface area contributed by atoms with Crippen molar-refractivity contribution < 1.29 is 0 Å². The summed E-state index contributed by atoms with van der Waals surface area (Å²) < 4.78 is 0. The van der Waals surface area contributed by atoms with Gasteiger partial charge in [-0.15, -0.1) is 0 Å². The van der Waals surface area contributed by atoms with Crippen molar-refractivity contribution in [3.63, 3.8) is 0 Å². The lowest BCUT2D eigenvalue weighted by atomic mass is 9.90. The number of benzene rings is 1. The van der Waals surface area contributed by atoms with Gasteiger partial charge < -0.3 is 5.73 Å². The van der Waals surface area contributed by atoms with Crippen molar-refractivity contribution in [1.29, 1.82) is 0 Å². The van der Waals surface area contributed by atoms with Crippen LogP contribution in [0.15, 0.2) is 24.3 Å². The van der Waals surface area contributed by atoms with Crippen LogP contribution in [-0.4, -0.2) is 6.04 Å². The number of hydrogen-bond acceptors (Lipinski definition) is 1. The third-order valence-electron chi connectivity index (χ3n) is 3.01. The Bertz CT molecular complexity index is 278. The van der Waals surface area contributed by atoms with Gasteiger partial charge in [-0.3, -0.25) is 0 Å². The summed E-state index contributed by atoms with van der Waals surface area (Å²) in [6, 6.07) is 8.87. The summed E-state index contributed by atoms with van der Waals surface area (Å²) in [6.45, 7) is 6.49. The van der Waals surface area contributed by atoms with Crippen molar-refractivity contribution in [2.75, 3.05) is 0 Å². The molecule has 1 rings (SSSR count). The van der Waals surface area contributed by atoms with Crippen LogP contribution in [0.4, 0.5) is 0 Å². The Morgan fingerprint density at radius 2 is 1.93 bits per heavy atom. The molecule has 0 aliphatic rings. The first-order valence-electron chi connectivity index (χ1n) is 5.45. The highest BCUT2D eigenvalue weighted by Gasteiger charge is 2.12. The van der Waals surface area contributed by atoms with Gasteiger partial charge in [-0.2, -0.15) is 0 Å². The molecule has 0 amide bonds. The van der Waals surface area contributed by atoms with E-state index in [1.54, 1.807) is 0 Å². The first-order chi connectivity index (χ1) is 6.65. The second-order valence-electron chi connectivity index (χ2n) is 4.16. The van der Waals surface area contributed by atoms with Crippen LogP contribution in [0, 0.1) is 12.8 Å². The van der Waals surface area contributed by atoms with Crippen LogP contribution in [0.5, 0.6) is 0 Å². The molecular weight excluding hydrogens is 170 g/mol. The number of nitrogens with two attached hydrogens (primary N) is 1. The zero-order valence-corrected chi connectivity index (χ0v) is 9.46. The fourth-order valence-corrected chi connectivity index (χ4v) is 1.82. The zero-order valence-electron chi connectivity index (χ0n) is 9.46. The minimum absolute atomic E-state index is 0.291. The summed E-state index contributed by atoms with van der Waals surface area (Å²) >= 11 is 0. The van der Waals surface area contributed by atoms with Gasteiger partial charge in [-0.05, 0) is 37.3 Å². The minimum atomic E-state index is 0.291. The van der Waals surface area contributed by atoms with Crippen LogP contribution in [0.1, 0.15) is 31.4 Å². The molecule has 0 heterocycles. The molecular formula is C13H21N. The van der Waals surface area contributed by atoms with Gasteiger partial charge >= 0.3 is 0 Å². The molecule has 0 fully saturated rings. The monoisotopic (exact) mass is 191 g/mol. The lowest BCUT2D eigenvalue weighted by Gasteiger charge is -2.19. The molecule has 0 saturated heterocycles. The lowest BCUT2D eigenvalue weighted by Crippen LogP contribution is -2.27. The first-order valence-corrected chi connectivity index (χ1v) is 5.45. The molecule has 1 heteroatoms. The van der Waals surface area contributed by atoms with Crippen molar-refractivity contribution in [3.8, 4) is 0 Å². The van der Waals surface area contributed by atoms with Crippen LogP contribution in [-0.2, 0) is 6.42 Å². The minimum Gasteiger partial charge on any atom is -0.328 e. The summed E-state index contributed by atoms with van der Waals surface area (Å²) in [4.78, 5) is 0. The largest absolute Gasteiger partial charge is 0.328 e. The molecule has 0 saturated carbocycles. The molecule has 2 atom stereocenters. The molecule has 0 bridgehead atoms. The fourth-order valence-electron chi connectivity index (χ4n) is 1.82. The van der Waals surface area contributed by atoms with E-state index in [1.807, 2.05) is 0 Å². The summed E-state index contributed by atoms with van der Waals surface area (Å²) in [7, 11) is 0. The standard InChI is InChI=1S/C13H21N/c1-4-12(11(3)14)9-13-8-6-5-7-10(13)2/h5-8,11-12H,4,9,14H2,1-3H3. The maximum Gasteiger partial charge on any atom is 0.00418 e. The Kier molecular flexibility index (Phi) is 4.15. The van der Waals surface area contributed by atoms with Crippen molar-refractivity contribution >= 4 is 0 Å². The van der Waals surface area contributed by atoms with Crippen LogP contribution in [0.2, 0.25) is 0 Å². The Morgan fingerprint density at radius 3 is 2.43 bits per heavy atom. The second kappa shape index (κ2) is 5.16. The topological polar surface area (TPSA) is 26.0 Å². The molecule has 14 heavy (non-hydrogen) atoms. The van der Waals surface area contributed by atoms with Gasteiger partial charge in [0.1, 0.15) is 0 Å². The van der Waals surface area contributed by atoms with E-state index in [4.69, 9.17) is 5.73 Å². The van der Waals surface area contributed by atoms with Crippen LogP contribution in [0.25, 0.3) is 0 Å². The molecule has 0 radical (unpaired) electrons. The van der Waals surface area contributed by atoms with Gasteiger partial charge in [-0.25, -0.2) is 0 Å². The first kappa shape index (κ1) is 11.3. The zero-order chi connectivity index (χ0) is 10.6. The van der Waals surface area contributed by atoms with Crippen LogP contribution >= 0.6 is 0 Å². The number of aryl methyl sites for hydroxylation is 1. The van der Waals surface area contributed by atoms with Gasteiger partial charge in [0, 0.05) is 6.04 Å². The molecule has 1 aromatic carbocycles. The van der Waals surface area contributed by atoms with E-state index in [0.717, 1.165) is 12.8 Å². The molecule has 2 N–H and O–H groups in total. The SMILES string of the molecule is CCC(Cc1ccccc1C)C(C)N. The van der Waals surface area contributed by atoms with Crippen molar-refractivity contribution in [1.82, 2.24) is 0 Å². The van der Waals surface area contributed by atoms with E-state index in [-0.39, 0.29) is 0 Å². The van der Waals surface area contributed by atoms with Crippen molar-refractivity contribution in [2.45, 2.75) is 39.7 Å². The molecule has 1 aromatic rings. The normalized spacial score (nSPS) is 15.1. The highest BCUT2D eigenvalue weighted by molar-refractivity contribution is 5.26. The lowest BCUT2D eigenvalue weighted by molar-refractivity contribution is 0.427. The van der Waals surface area contributed by atoms with E-state index < -0.39 is 0 Å². The average molecular weight is 191 g/mol. The maximum absolute atomic E-state index is 5.95. The highest BCUT2D eigenvalue weighted by Crippen LogP contribution is 2.17. The van der Waals surface area contributed by atoms with Gasteiger partial charge in [0.2, 0.25) is 0 Å². The quantitative estimate of drug-likeness (QED) is 0.778. The molecule has 0 aliphatic heterocycles. The molecule has 0 aromatic heterocycles. The number of hydrogen-bond donors (Lipinski definition) is 1. The van der Waals surface area contributed by atoms with E-state index in [1.165, 1.54) is 11.1 Å². The average Bonchev–Trinajstić information content (AvgIpc) is 2.16. The predicted octanol–water partition coefficient (Wildman–Crippen LogP) is 2.91. The second-order valence-corrected chi connectivity index (χ2v) is 4.16. The van der Waals surface area contributed by atoms with Crippen LogP contribution < -0.4 is 5.73 Å². The summed E-state index contributed by atoms with van der Waals surface area (Å²) in [6.07, 6.45) is 2.27. The Labute approximate surface area is 87.3 Å². The van der Waals surface area contributed by atoms with Gasteiger partial charge in [0.15, 0.2) is 0 Å². The molecule has 0 aliphatic carbocycles. The number of rotatable bonds is 4. The third kappa shape index (κ3) is 2.85. The van der Waals surface area contributed by atoms with Gasteiger partial charge in [0.05, 0.1) is 0 Å². The van der Waals surface area contributed by atoms with E-state index >= 15 is 0 Å². The Balaban J connectivity index is 2.72. The summed E-state index contributed by atoms with van der Waals surface area (Å²) in [5.41, 5.74) is 8.77. The molecule has 0 spiro atoms.